The van der Waals surface area contributed by atoms with E-state index in [1.54, 1.807) is 0 Å². The highest BCUT2D eigenvalue weighted by Crippen LogP contribution is 2.22. The van der Waals surface area contributed by atoms with Gasteiger partial charge in [-0.25, -0.2) is 0 Å². The van der Waals surface area contributed by atoms with Crippen molar-refractivity contribution in [3.05, 3.63) is 60.0 Å². The molecule has 4 rings (SSSR count). The van der Waals surface area contributed by atoms with Crippen LogP contribution in [0.1, 0.15) is 11.3 Å². The molecule has 3 aromatic rings. The van der Waals surface area contributed by atoms with Gasteiger partial charge in [-0.05, 0) is 37.1 Å². The molecule has 5 nitrogen and oxygen atoms in total. The maximum atomic E-state index is 4.64. The van der Waals surface area contributed by atoms with Crippen molar-refractivity contribution in [1.29, 1.82) is 0 Å². The lowest BCUT2D eigenvalue weighted by molar-refractivity contribution is 0.243. The quantitative estimate of drug-likeness (QED) is 0.725. The fourth-order valence-corrected chi connectivity index (χ4v) is 4.06. The van der Waals surface area contributed by atoms with Gasteiger partial charge in [0.15, 0.2) is 0 Å². The molecule has 5 heteroatoms. The van der Waals surface area contributed by atoms with Crippen molar-refractivity contribution in [2.24, 2.45) is 13.0 Å². The van der Waals surface area contributed by atoms with E-state index in [0.29, 0.717) is 5.92 Å². The van der Waals surface area contributed by atoms with Crippen LogP contribution < -0.4 is 0 Å². The van der Waals surface area contributed by atoms with Crippen molar-refractivity contribution in [3.63, 3.8) is 0 Å². The van der Waals surface area contributed by atoms with Gasteiger partial charge in [0, 0.05) is 57.6 Å². The van der Waals surface area contributed by atoms with Gasteiger partial charge in [-0.2, -0.15) is 5.10 Å². The SMILES string of the molecule is CN1CCN(Cc2ccnn2C)C[C@@H](Cc2cccc3cccnc23)C1. The van der Waals surface area contributed by atoms with Crippen LogP contribution in [0.4, 0.5) is 0 Å². The third-order valence-corrected chi connectivity index (χ3v) is 5.42. The summed E-state index contributed by atoms with van der Waals surface area (Å²) in [5.41, 5.74) is 3.80. The topological polar surface area (TPSA) is 37.2 Å². The molecule has 0 amide bonds. The molecule has 1 aliphatic heterocycles. The summed E-state index contributed by atoms with van der Waals surface area (Å²) in [6, 6.07) is 12.8. The van der Waals surface area contributed by atoms with Crippen molar-refractivity contribution in [2.75, 3.05) is 33.2 Å². The van der Waals surface area contributed by atoms with E-state index in [2.05, 4.69) is 57.3 Å². The number of benzene rings is 1. The Bertz CT molecular complexity index is 866. The molecule has 0 saturated carbocycles. The number of likely N-dealkylation sites (N-methyl/N-ethyl adjacent to an activating group) is 1. The van der Waals surface area contributed by atoms with Crippen molar-refractivity contribution in [2.45, 2.75) is 13.0 Å². The van der Waals surface area contributed by atoms with Gasteiger partial charge in [0.05, 0.1) is 11.2 Å². The first kappa shape index (κ1) is 17.2. The molecule has 1 saturated heterocycles. The normalized spacial score (nSPS) is 19.7. The van der Waals surface area contributed by atoms with Gasteiger partial charge < -0.3 is 4.90 Å². The molecule has 0 N–H and O–H groups in total. The lowest BCUT2D eigenvalue weighted by Crippen LogP contribution is -2.31. The van der Waals surface area contributed by atoms with Crippen LogP contribution >= 0.6 is 0 Å². The second kappa shape index (κ2) is 7.56. The van der Waals surface area contributed by atoms with E-state index < -0.39 is 0 Å². The molecule has 0 aliphatic carbocycles. The van der Waals surface area contributed by atoms with Crippen LogP contribution in [0, 0.1) is 5.92 Å². The summed E-state index contributed by atoms with van der Waals surface area (Å²) in [5.74, 6) is 0.600. The minimum atomic E-state index is 0.600. The fourth-order valence-electron chi connectivity index (χ4n) is 4.06. The average molecular weight is 349 g/mol. The first-order chi connectivity index (χ1) is 12.7. The van der Waals surface area contributed by atoms with E-state index in [9.17, 15) is 0 Å². The molecular formula is C21H27N5. The zero-order valence-electron chi connectivity index (χ0n) is 15.7. The lowest BCUT2D eigenvalue weighted by Gasteiger charge is -2.24. The zero-order valence-corrected chi connectivity index (χ0v) is 15.7. The number of hydrogen-bond donors (Lipinski definition) is 0. The van der Waals surface area contributed by atoms with Crippen molar-refractivity contribution >= 4 is 10.9 Å². The summed E-state index contributed by atoms with van der Waals surface area (Å²) in [5, 5.41) is 5.55. The van der Waals surface area contributed by atoms with E-state index >= 15 is 0 Å². The van der Waals surface area contributed by atoms with E-state index in [1.165, 1.54) is 16.6 Å². The highest BCUT2D eigenvalue weighted by Gasteiger charge is 2.22. The predicted molar refractivity (Wildman–Crippen MR) is 105 cm³/mol. The summed E-state index contributed by atoms with van der Waals surface area (Å²) < 4.78 is 1.98. The Morgan fingerprint density at radius 3 is 2.73 bits per heavy atom. The van der Waals surface area contributed by atoms with Gasteiger partial charge in [-0.3, -0.25) is 14.6 Å². The third-order valence-electron chi connectivity index (χ3n) is 5.42. The zero-order chi connectivity index (χ0) is 17.9. The smallest absolute Gasteiger partial charge is 0.0734 e. The molecule has 3 heterocycles. The Labute approximate surface area is 155 Å². The number of hydrogen-bond acceptors (Lipinski definition) is 4. The minimum absolute atomic E-state index is 0.600. The van der Waals surface area contributed by atoms with Gasteiger partial charge >= 0.3 is 0 Å². The van der Waals surface area contributed by atoms with Gasteiger partial charge in [0.1, 0.15) is 0 Å². The van der Waals surface area contributed by atoms with Crippen LogP contribution in [-0.4, -0.2) is 57.8 Å². The van der Waals surface area contributed by atoms with E-state index in [-0.39, 0.29) is 0 Å². The number of para-hydroxylation sites is 1. The van der Waals surface area contributed by atoms with E-state index in [1.807, 2.05) is 30.2 Å². The first-order valence-electron chi connectivity index (χ1n) is 9.39. The van der Waals surface area contributed by atoms with Gasteiger partial charge in [-0.1, -0.05) is 24.3 Å². The minimum Gasteiger partial charge on any atom is -0.305 e. The Kier molecular flexibility index (Phi) is 5.00. The van der Waals surface area contributed by atoms with Crippen LogP contribution in [-0.2, 0) is 20.0 Å². The molecular weight excluding hydrogens is 322 g/mol. The second-order valence-corrected chi connectivity index (χ2v) is 7.51. The van der Waals surface area contributed by atoms with Crippen LogP contribution in [0.5, 0.6) is 0 Å². The van der Waals surface area contributed by atoms with E-state index in [0.717, 1.165) is 44.7 Å². The third kappa shape index (κ3) is 3.79. The van der Waals surface area contributed by atoms with E-state index in [4.69, 9.17) is 0 Å². The van der Waals surface area contributed by atoms with Gasteiger partial charge in [0.25, 0.3) is 0 Å². The molecule has 0 radical (unpaired) electrons. The highest BCUT2D eigenvalue weighted by molar-refractivity contribution is 5.81. The molecule has 136 valence electrons. The average Bonchev–Trinajstić information content (AvgIpc) is 2.95. The largest absolute Gasteiger partial charge is 0.305 e. The van der Waals surface area contributed by atoms with Crippen LogP contribution in [0.15, 0.2) is 48.8 Å². The number of aromatic nitrogens is 3. The molecule has 1 aromatic carbocycles. The van der Waals surface area contributed by atoms with Gasteiger partial charge in [-0.15, -0.1) is 0 Å². The molecule has 0 unspecified atom stereocenters. The van der Waals surface area contributed by atoms with Crippen LogP contribution in [0.3, 0.4) is 0 Å². The molecule has 1 fully saturated rings. The van der Waals surface area contributed by atoms with Crippen LogP contribution in [0.2, 0.25) is 0 Å². The Hall–Kier alpha value is -2.24. The highest BCUT2D eigenvalue weighted by atomic mass is 15.3. The van der Waals surface area contributed by atoms with Crippen molar-refractivity contribution in [3.8, 4) is 0 Å². The monoisotopic (exact) mass is 349 g/mol. The number of nitrogens with zero attached hydrogens (tertiary/aromatic N) is 5. The Balaban J connectivity index is 1.53. The molecule has 2 aromatic heterocycles. The van der Waals surface area contributed by atoms with Crippen molar-refractivity contribution in [1.82, 2.24) is 24.6 Å². The summed E-state index contributed by atoms with van der Waals surface area (Å²) in [7, 11) is 4.26. The fraction of sp³-hybridized carbons (Fsp3) is 0.429. The summed E-state index contributed by atoms with van der Waals surface area (Å²) in [6.07, 6.45) is 4.86. The van der Waals surface area contributed by atoms with Crippen LogP contribution in [0.25, 0.3) is 10.9 Å². The standard InChI is InChI=1S/C21H27N5/c1-24-11-12-26(16-20-8-10-23-25(20)2)15-17(14-24)13-19-6-3-5-18-7-4-9-22-21(18)19/h3-10,17H,11-16H2,1-2H3/t17-/m0/s1. The number of fused-ring (bicyclic) bond motifs is 1. The molecule has 1 atom stereocenters. The number of pyridine rings is 1. The lowest BCUT2D eigenvalue weighted by atomic mass is 9.96. The summed E-state index contributed by atoms with van der Waals surface area (Å²) >= 11 is 0. The molecule has 0 bridgehead atoms. The summed E-state index contributed by atoms with van der Waals surface area (Å²) in [4.78, 5) is 9.68. The maximum Gasteiger partial charge on any atom is 0.0734 e. The molecule has 1 aliphatic rings. The Morgan fingerprint density at radius 1 is 1.00 bits per heavy atom. The molecule has 26 heavy (non-hydrogen) atoms. The Morgan fingerprint density at radius 2 is 1.88 bits per heavy atom. The maximum absolute atomic E-state index is 4.64. The first-order valence-corrected chi connectivity index (χ1v) is 9.39. The molecule has 0 spiro atoms. The van der Waals surface area contributed by atoms with Crippen molar-refractivity contribution < 1.29 is 0 Å². The number of aryl methyl sites for hydroxylation is 1. The number of rotatable bonds is 4. The second-order valence-electron chi connectivity index (χ2n) is 7.51. The summed E-state index contributed by atoms with van der Waals surface area (Å²) in [6.45, 7) is 5.42. The predicted octanol–water partition coefficient (Wildman–Crippen LogP) is 2.57. The van der Waals surface area contributed by atoms with Gasteiger partial charge in [0.2, 0.25) is 0 Å².